The molecule has 9 heteroatoms. The highest BCUT2D eigenvalue weighted by Crippen LogP contribution is 2.36. The number of pyridine rings is 1. The zero-order valence-electron chi connectivity index (χ0n) is 22.8. The first kappa shape index (κ1) is 26.2. The molecule has 1 aromatic heterocycles. The van der Waals surface area contributed by atoms with Gasteiger partial charge in [-0.2, -0.15) is 5.10 Å². The topological polar surface area (TPSA) is 87.6 Å². The number of piperazine rings is 1. The molecule has 0 atom stereocenters. The van der Waals surface area contributed by atoms with Crippen LogP contribution in [0, 0.1) is 5.41 Å². The zero-order valence-corrected chi connectivity index (χ0v) is 22.8. The van der Waals surface area contributed by atoms with Gasteiger partial charge < -0.3 is 19.3 Å². The lowest BCUT2D eigenvalue weighted by Crippen LogP contribution is -2.48. The van der Waals surface area contributed by atoms with Crippen LogP contribution in [0.5, 0.6) is 11.5 Å². The van der Waals surface area contributed by atoms with Gasteiger partial charge in [-0.15, -0.1) is 0 Å². The lowest BCUT2D eigenvalue weighted by Gasteiger charge is -2.36. The number of anilines is 2. The predicted octanol–water partition coefficient (Wildman–Crippen LogP) is 4.23. The smallest absolute Gasteiger partial charge is 0.253 e. The van der Waals surface area contributed by atoms with Gasteiger partial charge in [0.05, 0.1) is 31.0 Å². The Balaban J connectivity index is 1.33. The second kappa shape index (κ2) is 10.8. The molecule has 2 aliphatic heterocycles. The maximum absolute atomic E-state index is 13.4. The predicted molar refractivity (Wildman–Crippen MR) is 151 cm³/mol. The van der Waals surface area contributed by atoms with Crippen LogP contribution >= 0.6 is 0 Å². The summed E-state index contributed by atoms with van der Waals surface area (Å²) in [6.07, 6.45) is 4.05. The van der Waals surface area contributed by atoms with Crippen molar-refractivity contribution in [1.82, 2.24) is 9.88 Å². The number of carbonyl (C=O) groups is 2. The first-order valence-corrected chi connectivity index (χ1v) is 13.0. The molecule has 1 fully saturated rings. The minimum absolute atomic E-state index is 0.0178. The second-order valence-corrected chi connectivity index (χ2v) is 10.3. The van der Waals surface area contributed by atoms with Crippen LogP contribution in [-0.2, 0) is 4.79 Å². The van der Waals surface area contributed by atoms with E-state index in [9.17, 15) is 9.59 Å². The van der Waals surface area contributed by atoms with Gasteiger partial charge in [0.2, 0.25) is 0 Å². The SMILES string of the molecule is COc1ccc(C2=NN(c3ccc(C(=O)N4CCN(c5ccncc5)CC4)cc3)C(=O)C(C)(C)C2)cc1OC. The minimum Gasteiger partial charge on any atom is -0.493 e. The molecule has 0 radical (unpaired) electrons. The van der Waals surface area contributed by atoms with Crippen LogP contribution in [0.1, 0.15) is 36.2 Å². The number of amides is 2. The number of hydrogen-bond acceptors (Lipinski definition) is 7. The van der Waals surface area contributed by atoms with Gasteiger partial charge in [-0.25, -0.2) is 5.01 Å². The van der Waals surface area contributed by atoms with E-state index in [1.165, 1.54) is 5.01 Å². The average molecular weight is 528 g/mol. The molecule has 0 aliphatic carbocycles. The van der Waals surface area contributed by atoms with Crippen molar-refractivity contribution in [2.75, 3.05) is 50.3 Å². The summed E-state index contributed by atoms with van der Waals surface area (Å²) in [5, 5.41) is 6.17. The van der Waals surface area contributed by atoms with Crippen molar-refractivity contribution < 1.29 is 19.1 Å². The van der Waals surface area contributed by atoms with Gasteiger partial charge in [0.15, 0.2) is 11.5 Å². The van der Waals surface area contributed by atoms with Crippen molar-refractivity contribution in [2.24, 2.45) is 10.5 Å². The van der Waals surface area contributed by atoms with Crippen LogP contribution in [0.4, 0.5) is 11.4 Å². The molecule has 3 heterocycles. The molecule has 5 rings (SSSR count). The van der Waals surface area contributed by atoms with E-state index in [1.807, 2.05) is 49.1 Å². The van der Waals surface area contributed by atoms with Crippen molar-refractivity contribution in [3.63, 3.8) is 0 Å². The molecule has 1 saturated heterocycles. The highest BCUT2D eigenvalue weighted by atomic mass is 16.5. The Morgan fingerprint density at radius 2 is 1.51 bits per heavy atom. The van der Waals surface area contributed by atoms with Crippen LogP contribution in [-0.4, -0.2) is 67.8 Å². The summed E-state index contributed by atoms with van der Waals surface area (Å²) in [6.45, 7) is 6.64. The average Bonchev–Trinajstić information content (AvgIpc) is 2.98. The fraction of sp³-hybridized carbons (Fsp3) is 0.333. The Morgan fingerprint density at radius 3 is 2.15 bits per heavy atom. The summed E-state index contributed by atoms with van der Waals surface area (Å²) in [5.41, 5.74) is 3.29. The lowest BCUT2D eigenvalue weighted by molar-refractivity contribution is -0.126. The van der Waals surface area contributed by atoms with E-state index in [2.05, 4.69) is 9.88 Å². The fourth-order valence-electron chi connectivity index (χ4n) is 4.98. The highest BCUT2D eigenvalue weighted by molar-refractivity contribution is 6.11. The van der Waals surface area contributed by atoms with Gasteiger partial charge in [0.1, 0.15) is 0 Å². The molecule has 202 valence electrons. The summed E-state index contributed by atoms with van der Waals surface area (Å²) < 4.78 is 10.8. The van der Waals surface area contributed by atoms with Crippen LogP contribution in [0.2, 0.25) is 0 Å². The van der Waals surface area contributed by atoms with Gasteiger partial charge in [-0.1, -0.05) is 13.8 Å². The minimum atomic E-state index is -0.659. The van der Waals surface area contributed by atoms with Crippen LogP contribution in [0.25, 0.3) is 0 Å². The Bertz CT molecular complexity index is 1380. The molecule has 0 saturated carbocycles. The van der Waals surface area contributed by atoms with Crippen molar-refractivity contribution in [1.29, 1.82) is 0 Å². The lowest BCUT2D eigenvalue weighted by atomic mass is 9.82. The quantitative estimate of drug-likeness (QED) is 0.477. The van der Waals surface area contributed by atoms with E-state index < -0.39 is 5.41 Å². The van der Waals surface area contributed by atoms with E-state index in [-0.39, 0.29) is 11.8 Å². The molecule has 2 aliphatic rings. The maximum Gasteiger partial charge on any atom is 0.253 e. The van der Waals surface area contributed by atoms with Gasteiger partial charge in [-0.3, -0.25) is 14.6 Å². The Morgan fingerprint density at radius 1 is 0.846 bits per heavy atom. The van der Waals surface area contributed by atoms with E-state index in [0.717, 1.165) is 30.1 Å². The molecule has 2 aromatic carbocycles. The first-order valence-electron chi connectivity index (χ1n) is 13.0. The number of hydrogen-bond donors (Lipinski definition) is 0. The maximum atomic E-state index is 13.4. The summed E-state index contributed by atoms with van der Waals surface area (Å²) in [7, 11) is 3.18. The van der Waals surface area contributed by atoms with E-state index >= 15 is 0 Å². The first-order chi connectivity index (χ1) is 18.8. The van der Waals surface area contributed by atoms with E-state index in [4.69, 9.17) is 14.6 Å². The fourth-order valence-corrected chi connectivity index (χ4v) is 4.98. The normalized spacial score (nSPS) is 17.1. The number of rotatable bonds is 6. The molecule has 3 aromatic rings. The van der Waals surface area contributed by atoms with Crippen molar-refractivity contribution in [3.8, 4) is 11.5 Å². The Labute approximate surface area is 228 Å². The number of ether oxygens (including phenoxy) is 2. The van der Waals surface area contributed by atoms with Gasteiger partial charge in [0.25, 0.3) is 11.8 Å². The summed E-state index contributed by atoms with van der Waals surface area (Å²) in [5.74, 6) is 1.11. The second-order valence-electron chi connectivity index (χ2n) is 10.3. The molecule has 2 amide bonds. The van der Waals surface area contributed by atoms with Crippen molar-refractivity contribution in [2.45, 2.75) is 20.3 Å². The Kier molecular flexibility index (Phi) is 7.24. The zero-order chi connectivity index (χ0) is 27.6. The third-order valence-electron chi connectivity index (χ3n) is 7.27. The number of nitrogens with zero attached hydrogens (tertiary/aromatic N) is 5. The molecule has 39 heavy (non-hydrogen) atoms. The number of methoxy groups -OCH3 is 2. The van der Waals surface area contributed by atoms with E-state index in [0.29, 0.717) is 42.3 Å². The van der Waals surface area contributed by atoms with Crippen LogP contribution < -0.4 is 19.4 Å². The molecular formula is C30H33N5O4. The molecular weight excluding hydrogens is 494 g/mol. The summed E-state index contributed by atoms with van der Waals surface area (Å²) in [4.78, 5) is 34.8. The third kappa shape index (κ3) is 5.30. The monoisotopic (exact) mass is 527 g/mol. The number of hydrazone groups is 1. The van der Waals surface area contributed by atoms with Gasteiger partial charge in [0, 0.05) is 61.8 Å². The van der Waals surface area contributed by atoms with Crippen molar-refractivity contribution >= 4 is 28.9 Å². The van der Waals surface area contributed by atoms with Crippen LogP contribution in [0.15, 0.2) is 72.1 Å². The van der Waals surface area contributed by atoms with E-state index in [1.54, 1.807) is 50.9 Å². The molecule has 0 unspecified atom stereocenters. The summed E-state index contributed by atoms with van der Waals surface area (Å²) in [6, 6.07) is 16.7. The Hall–Kier alpha value is -4.40. The number of benzene rings is 2. The van der Waals surface area contributed by atoms with Gasteiger partial charge >= 0.3 is 0 Å². The van der Waals surface area contributed by atoms with Gasteiger partial charge in [-0.05, 0) is 54.6 Å². The number of aromatic nitrogens is 1. The largest absolute Gasteiger partial charge is 0.493 e. The number of carbonyl (C=O) groups excluding carboxylic acids is 2. The van der Waals surface area contributed by atoms with Crippen LogP contribution in [0.3, 0.4) is 0 Å². The molecule has 0 spiro atoms. The molecule has 0 N–H and O–H groups in total. The third-order valence-corrected chi connectivity index (χ3v) is 7.27. The van der Waals surface area contributed by atoms with Crippen molar-refractivity contribution in [3.05, 3.63) is 78.1 Å². The highest BCUT2D eigenvalue weighted by Gasteiger charge is 2.39. The molecule has 9 nitrogen and oxygen atoms in total. The molecule has 0 bridgehead atoms. The summed E-state index contributed by atoms with van der Waals surface area (Å²) >= 11 is 0. The standard InChI is InChI=1S/C30H33N5O4/c1-30(2)20-25(22-7-10-26(38-3)27(19-22)39-4)32-35(29(30)37)24-8-5-21(6-9-24)28(36)34-17-15-33(16-18-34)23-11-13-31-14-12-23/h5-14,19H,15-18,20H2,1-4H3.